The number of aliphatic carboxylic acids is 3. The summed E-state index contributed by atoms with van der Waals surface area (Å²) in [6.07, 6.45) is 0.722. The van der Waals surface area contributed by atoms with Gasteiger partial charge in [0.05, 0.1) is 45.4 Å². The minimum absolute atomic E-state index is 0.0154. The average Bonchev–Trinajstić information content (AvgIpc) is 3.14. The van der Waals surface area contributed by atoms with Gasteiger partial charge in [0.2, 0.25) is 11.8 Å². The summed E-state index contributed by atoms with van der Waals surface area (Å²) in [4.78, 5) is 101. The number of carboxylic acids is 3. The summed E-state index contributed by atoms with van der Waals surface area (Å²) in [6.45, 7) is 4.66. The lowest BCUT2D eigenvalue weighted by molar-refractivity contribution is -0.140. The van der Waals surface area contributed by atoms with E-state index in [9.17, 15) is 53.7 Å². The summed E-state index contributed by atoms with van der Waals surface area (Å²) >= 11 is 0. The fraction of sp³-hybridized carbons (Fsp3) is 0.622. The molecule has 0 aliphatic carbocycles. The van der Waals surface area contributed by atoms with E-state index >= 15 is 0 Å². The zero-order valence-corrected chi connectivity index (χ0v) is 33.2. The van der Waals surface area contributed by atoms with E-state index in [0.717, 1.165) is 0 Å². The molecule has 1 heterocycles. The number of hydrogen-bond donors (Lipinski definition) is 6. The number of hydrogen-bond acceptors (Lipinski definition) is 15. The Labute approximate surface area is 336 Å². The van der Waals surface area contributed by atoms with Crippen LogP contribution in [0.1, 0.15) is 43.5 Å². The highest BCUT2D eigenvalue weighted by molar-refractivity contribution is 5.94. The molecule has 21 nitrogen and oxygen atoms in total. The van der Waals surface area contributed by atoms with Crippen molar-refractivity contribution in [3.8, 4) is 5.75 Å². The number of nitrogens with zero attached hydrogens (tertiary/aromatic N) is 4. The van der Waals surface area contributed by atoms with E-state index in [-0.39, 0.29) is 121 Å². The third-order valence-corrected chi connectivity index (χ3v) is 8.78. The van der Waals surface area contributed by atoms with Crippen molar-refractivity contribution in [3.05, 3.63) is 29.8 Å². The Hall–Kier alpha value is -5.22. The number of Topliss-reactive ketones (excluding diaryl/α,β-unsaturated/α-hetero) is 1. The molecule has 1 aliphatic rings. The smallest absolute Gasteiger partial charge is 0.480 e. The Bertz CT molecular complexity index is 1480. The molecule has 1 aliphatic heterocycles. The molecular formula is C37H57N7O14. The lowest BCUT2D eigenvalue weighted by Crippen LogP contribution is -2.50. The first-order valence-electron chi connectivity index (χ1n) is 19.0. The average molecular weight is 824 g/mol. The van der Waals surface area contributed by atoms with E-state index in [1.165, 1.54) is 38.1 Å². The van der Waals surface area contributed by atoms with Crippen LogP contribution in [0, 0.1) is 0 Å². The Kier molecular flexibility index (Phi) is 23.1. The number of carboxylic acid groups (broad SMARTS) is 3. The van der Waals surface area contributed by atoms with Crippen molar-refractivity contribution < 1.29 is 67.9 Å². The second-order valence-electron chi connectivity index (χ2n) is 13.6. The van der Waals surface area contributed by atoms with Gasteiger partial charge in [-0.05, 0) is 50.5 Å². The number of carbonyl (C=O) groups excluding carboxylic acids is 5. The highest BCUT2D eigenvalue weighted by atomic mass is 16.7. The third-order valence-electron chi connectivity index (χ3n) is 8.78. The van der Waals surface area contributed by atoms with Gasteiger partial charge in [0.25, 0.3) is 5.91 Å². The van der Waals surface area contributed by atoms with Gasteiger partial charge in [-0.25, -0.2) is 4.79 Å². The third kappa shape index (κ3) is 22.5. The number of unbranched alkanes of at least 4 members (excludes halogenated alkanes) is 1. The summed E-state index contributed by atoms with van der Waals surface area (Å²) in [5.74, 6) is -4.05. The van der Waals surface area contributed by atoms with Crippen LogP contribution in [0.4, 0.5) is 4.79 Å². The van der Waals surface area contributed by atoms with Crippen molar-refractivity contribution >= 4 is 47.6 Å². The van der Waals surface area contributed by atoms with Crippen LogP contribution in [0.2, 0.25) is 0 Å². The van der Waals surface area contributed by atoms with Crippen molar-refractivity contribution in [1.82, 2.24) is 35.6 Å². The molecule has 1 atom stereocenters. The Morgan fingerprint density at radius 2 is 1.14 bits per heavy atom. The van der Waals surface area contributed by atoms with E-state index < -0.39 is 30.1 Å². The molecule has 324 valence electrons. The molecule has 0 spiro atoms. The normalized spacial score (nSPS) is 15.5. The van der Waals surface area contributed by atoms with Gasteiger partial charge in [-0.2, -0.15) is 0 Å². The Morgan fingerprint density at radius 3 is 1.60 bits per heavy atom. The van der Waals surface area contributed by atoms with Gasteiger partial charge < -0.3 is 45.5 Å². The van der Waals surface area contributed by atoms with Gasteiger partial charge in [0.15, 0.2) is 5.78 Å². The SMILES string of the molecule is CC(=O)N[C@@H](CCCCNC(=O)c1ccc(OC(=O)OCCOCCNC(=O)CN2CCN(CC(=O)O)CCN(CC(=O)O)CCN(CC(=O)O)CC2)cc1)C(C)=O. The molecule has 1 fully saturated rings. The van der Waals surface area contributed by atoms with Gasteiger partial charge >= 0.3 is 24.1 Å². The molecule has 0 unspecified atom stereocenters. The van der Waals surface area contributed by atoms with Crippen molar-refractivity contribution in [1.29, 1.82) is 0 Å². The van der Waals surface area contributed by atoms with E-state index in [4.69, 9.17) is 14.2 Å². The second kappa shape index (κ2) is 27.4. The first-order valence-corrected chi connectivity index (χ1v) is 19.0. The van der Waals surface area contributed by atoms with Crippen LogP contribution in [-0.2, 0) is 38.2 Å². The van der Waals surface area contributed by atoms with E-state index in [0.29, 0.717) is 44.5 Å². The molecule has 1 aromatic carbocycles. The minimum Gasteiger partial charge on any atom is -0.480 e. The number of benzene rings is 1. The van der Waals surface area contributed by atoms with Gasteiger partial charge in [-0.3, -0.25) is 53.2 Å². The van der Waals surface area contributed by atoms with Crippen LogP contribution < -0.4 is 20.7 Å². The van der Waals surface area contributed by atoms with Crippen molar-refractivity contribution in [2.45, 2.75) is 39.2 Å². The monoisotopic (exact) mass is 823 g/mol. The zero-order valence-electron chi connectivity index (χ0n) is 33.2. The molecule has 58 heavy (non-hydrogen) atoms. The lowest BCUT2D eigenvalue weighted by Gasteiger charge is -2.32. The maximum Gasteiger partial charge on any atom is 0.513 e. The summed E-state index contributed by atoms with van der Waals surface area (Å²) in [6, 6.07) is 5.30. The molecule has 1 saturated heterocycles. The second-order valence-corrected chi connectivity index (χ2v) is 13.6. The van der Waals surface area contributed by atoms with Crippen LogP contribution in [-0.4, -0.2) is 200 Å². The molecule has 1 aromatic rings. The molecular weight excluding hydrogens is 766 g/mol. The van der Waals surface area contributed by atoms with Gasteiger partial charge in [0.1, 0.15) is 12.4 Å². The van der Waals surface area contributed by atoms with Crippen LogP contribution in [0.25, 0.3) is 0 Å². The predicted molar refractivity (Wildman–Crippen MR) is 205 cm³/mol. The Balaban J connectivity index is 1.70. The van der Waals surface area contributed by atoms with Crippen LogP contribution in [0.3, 0.4) is 0 Å². The summed E-state index contributed by atoms with van der Waals surface area (Å²) in [7, 11) is 0. The number of amides is 3. The number of ether oxygens (including phenoxy) is 3. The van der Waals surface area contributed by atoms with Gasteiger partial charge in [0, 0.05) is 77.9 Å². The molecule has 0 radical (unpaired) electrons. The molecule has 0 bridgehead atoms. The highest BCUT2D eigenvalue weighted by Gasteiger charge is 2.21. The topological polar surface area (TPSA) is 274 Å². The Morgan fingerprint density at radius 1 is 0.638 bits per heavy atom. The maximum atomic E-state index is 12.8. The van der Waals surface area contributed by atoms with Gasteiger partial charge in [-0.1, -0.05) is 0 Å². The molecule has 6 N–H and O–H groups in total. The van der Waals surface area contributed by atoms with E-state index in [1.807, 2.05) is 0 Å². The summed E-state index contributed by atoms with van der Waals surface area (Å²) < 4.78 is 15.6. The quantitative estimate of drug-likeness (QED) is 0.0430. The van der Waals surface area contributed by atoms with E-state index in [1.54, 1.807) is 19.6 Å². The van der Waals surface area contributed by atoms with Crippen molar-refractivity contribution in [2.24, 2.45) is 0 Å². The lowest BCUT2D eigenvalue weighted by atomic mass is 10.1. The molecule has 0 saturated carbocycles. The van der Waals surface area contributed by atoms with E-state index in [2.05, 4.69) is 16.0 Å². The van der Waals surface area contributed by atoms with Crippen molar-refractivity contribution in [3.63, 3.8) is 0 Å². The molecule has 21 heteroatoms. The number of ketones is 1. The number of rotatable bonds is 23. The molecule has 3 amide bonds. The van der Waals surface area contributed by atoms with Crippen LogP contribution in [0.5, 0.6) is 5.75 Å². The first kappa shape index (κ1) is 48.9. The zero-order chi connectivity index (χ0) is 42.9. The summed E-state index contributed by atoms with van der Waals surface area (Å²) in [5.41, 5.74) is 0.344. The number of carbonyl (C=O) groups is 8. The number of nitrogens with one attached hydrogen (secondary N) is 3. The molecule has 0 aromatic heterocycles. The van der Waals surface area contributed by atoms with Gasteiger partial charge in [-0.15, -0.1) is 0 Å². The predicted octanol–water partition coefficient (Wildman–Crippen LogP) is -1.20. The maximum absolute atomic E-state index is 12.8. The largest absolute Gasteiger partial charge is 0.513 e. The minimum atomic E-state index is -1.05. The molecule has 2 rings (SSSR count). The summed E-state index contributed by atoms with van der Waals surface area (Å²) in [5, 5.41) is 36.2. The van der Waals surface area contributed by atoms with Crippen LogP contribution >= 0.6 is 0 Å². The fourth-order valence-corrected chi connectivity index (χ4v) is 5.79. The first-order chi connectivity index (χ1) is 27.6. The highest BCUT2D eigenvalue weighted by Crippen LogP contribution is 2.13. The van der Waals surface area contributed by atoms with Crippen LogP contribution in [0.15, 0.2) is 24.3 Å². The van der Waals surface area contributed by atoms with Crippen molar-refractivity contribution in [2.75, 3.05) is 111 Å². The standard InChI is InChI=1S/C37H57N7O14/c1-27(45)31(40-28(2)46)5-3-4-10-39-36(54)29-6-8-30(9-7-29)58-37(55)57-22-21-56-20-11-38-32(47)23-41-12-14-42(24-33(48)49)16-18-44(26-35(52)53)19-17-43(15-13-41)25-34(50)51/h6-9,31H,3-5,10-26H2,1-2H3,(H,38,47)(H,39,54)(H,40,46)(H,48,49)(H,50,51)(H,52,53)/t31-/m0/s1. The fourth-order valence-electron chi connectivity index (χ4n) is 5.79.